The van der Waals surface area contributed by atoms with Gasteiger partial charge < -0.3 is 5.32 Å². The van der Waals surface area contributed by atoms with Crippen molar-refractivity contribution in [2.75, 3.05) is 5.32 Å². The van der Waals surface area contributed by atoms with E-state index in [1.54, 1.807) is 0 Å². The van der Waals surface area contributed by atoms with Crippen molar-refractivity contribution in [3.05, 3.63) is 127 Å². The third-order valence-corrected chi connectivity index (χ3v) is 8.43. The number of aromatic nitrogens is 3. The van der Waals surface area contributed by atoms with E-state index >= 15 is 0 Å². The number of benzene rings is 4. The largest absolute Gasteiger partial charge is 0.376 e. The van der Waals surface area contributed by atoms with E-state index in [2.05, 4.69) is 118 Å². The van der Waals surface area contributed by atoms with E-state index in [-0.39, 0.29) is 6.04 Å². The minimum absolute atomic E-state index is 0.278. The molecule has 6 aromatic rings. The van der Waals surface area contributed by atoms with Crippen molar-refractivity contribution in [2.24, 2.45) is 5.92 Å². The van der Waals surface area contributed by atoms with E-state index in [1.165, 1.54) is 11.1 Å². The predicted molar refractivity (Wildman–Crippen MR) is 184 cm³/mol. The first-order valence-electron chi connectivity index (χ1n) is 15.5. The Labute approximate surface area is 259 Å². The van der Waals surface area contributed by atoms with Gasteiger partial charge in [-0.3, -0.25) is 4.98 Å². The highest BCUT2D eigenvalue weighted by Gasteiger charge is 2.21. The number of hydrogen-bond acceptors (Lipinski definition) is 4. The highest BCUT2D eigenvalue weighted by molar-refractivity contribution is 6.04. The first kappa shape index (κ1) is 27.7. The number of nitrogens with zero attached hydrogens (tertiary/aromatic N) is 3. The molecule has 216 valence electrons. The second-order valence-electron chi connectivity index (χ2n) is 12.2. The summed E-state index contributed by atoms with van der Waals surface area (Å²) in [6, 6.07) is 38.3. The molecule has 0 unspecified atom stereocenters. The Hall–Kier alpha value is -5.09. The van der Waals surface area contributed by atoms with Crippen molar-refractivity contribution in [1.82, 2.24) is 15.0 Å². The van der Waals surface area contributed by atoms with Gasteiger partial charge in [0.2, 0.25) is 0 Å². The molecule has 0 aliphatic carbocycles. The predicted octanol–water partition coefficient (Wildman–Crippen LogP) is 10.3. The molecular formula is C40H36N4. The van der Waals surface area contributed by atoms with Crippen LogP contribution in [0.4, 0.5) is 5.69 Å². The number of fused-ring (bicyclic) bond motifs is 3. The van der Waals surface area contributed by atoms with Gasteiger partial charge in [0.1, 0.15) is 0 Å². The summed E-state index contributed by atoms with van der Waals surface area (Å²) in [5.41, 5.74) is 11.7. The monoisotopic (exact) mass is 572 g/mol. The molecule has 4 nitrogen and oxygen atoms in total. The van der Waals surface area contributed by atoms with E-state index in [0.717, 1.165) is 55.9 Å². The molecule has 0 spiro atoms. The van der Waals surface area contributed by atoms with E-state index in [0.29, 0.717) is 17.7 Å². The van der Waals surface area contributed by atoms with Crippen LogP contribution in [0.25, 0.3) is 62.0 Å². The summed E-state index contributed by atoms with van der Waals surface area (Å²) >= 11 is 0. The second kappa shape index (κ2) is 11.5. The molecule has 7 rings (SSSR count). The zero-order valence-corrected chi connectivity index (χ0v) is 25.6. The Kier molecular flexibility index (Phi) is 7.27. The molecule has 3 heterocycles. The highest BCUT2D eigenvalue weighted by Crippen LogP contribution is 2.39. The Morgan fingerprint density at radius 2 is 1.27 bits per heavy atom. The zero-order valence-electron chi connectivity index (χ0n) is 25.6. The van der Waals surface area contributed by atoms with Gasteiger partial charge in [-0.05, 0) is 46.7 Å². The summed E-state index contributed by atoms with van der Waals surface area (Å²) in [6.07, 6.45) is 4.51. The van der Waals surface area contributed by atoms with E-state index in [1.807, 2.05) is 36.4 Å². The van der Waals surface area contributed by atoms with Crippen LogP contribution in [-0.2, 0) is 0 Å². The number of pyridine rings is 1. The summed E-state index contributed by atoms with van der Waals surface area (Å²) in [5.74, 6) is 1.49. The minimum atomic E-state index is 0.278. The van der Waals surface area contributed by atoms with Crippen LogP contribution in [0.15, 0.2) is 115 Å². The average Bonchev–Trinajstić information content (AvgIpc) is 3.08. The van der Waals surface area contributed by atoms with Crippen LogP contribution in [0.2, 0.25) is 0 Å². The van der Waals surface area contributed by atoms with Crippen LogP contribution in [0, 0.1) is 5.92 Å². The van der Waals surface area contributed by atoms with Gasteiger partial charge in [0, 0.05) is 33.8 Å². The molecule has 1 aliphatic rings. The third-order valence-electron chi connectivity index (χ3n) is 8.43. The molecule has 0 radical (unpaired) electrons. The zero-order chi connectivity index (χ0) is 30.2. The molecule has 0 saturated carbocycles. The number of hydrogen-bond donors (Lipinski definition) is 1. The Morgan fingerprint density at radius 3 is 1.98 bits per heavy atom. The maximum atomic E-state index is 5.22. The van der Waals surface area contributed by atoms with E-state index in [4.69, 9.17) is 15.0 Å². The maximum Gasteiger partial charge on any atom is 0.160 e. The Bertz CT molecular complexity index is 1930. The van der Waals surface area contributed by atoms with Gasteiger partial charge in [-0.25, -0.2) is 9.97 Å². The maximum absolute atomic E-state index is 5.22. The molecule has 2 aromatic heterocycles. The number of nitrogens with one attached hydrogen (secondary N) is 1. The molecule has 1 N–H and O–H groups in total. The van der Waals surface area contributed by atoms with Gasteiger partial charge in [0.15, 0.2) is 5.82 Å². The van der Waals surface area contributed by atoms with Crippen molar-refractivity contribution in [2.45, 2.75) is 39.7 Å². The summed E-state index contributed by atoms with van der Waals surface area (Å²) < 4.78 is 0. The number of anilines is 1. The Balaban J connectivity index is 1.40. The highest BCUT2D eigenvalue weighted by atomic mass is 15.0. The fourth-order valence-corrected chi connectivity index (χ4v) is 5.88. The van der Waals surface area contributed by atoms with Crippen LogP contribution in [-0.4, -0.2) is 21.0 Å². The summed E-state index contributed by atoms with van der Waals surface area (Å²) in [6.45, 7) is 8.93. The standard InChI is InChI=1S/C40H36N4/c1-25(2)34-21-19-28-18-20-32-33(23-35(26(3)4)42-39(32)38(28)41-34)30-16-11-17-31(22-30)37-24-36(27-12-7-5-8-13-27)43-40(44-37)29-14-9-6-10-15-29/h5-26,34,41H,1-4H3/t34-/m1/s1. The van der Waals surface area contributed by atoms with Gasteiger partial charge in [-0.2, -0.15) is 0 Å². The van der Waals surface area contributed by atoms with Gasteiger partial charge in [0.25, 0.3) is 0 Å². The molecule has 4 heteroatoms. The summed E-state index contributed by atoms with van der Waals surface area (Å²) in [7, 11) is 0. The van der Waals surface area contributed by atoms with E-state index in [9.17, 15) is 0 Å². The van der Waals surface area contributed by atoms with Crippen molar-refractivity contribution in [1.29, 1.82) is 0 Å². The third kappa shape index (κ3) is 5.28. The lowest BCUT2D eigenvalue weighted by molar-refractivity contribution is 0.600. The quantitative estimate of drug-likeness (QED) is 0.216. The van der Waals surface area contributed by atoms with Crippen molar-refractivity contribution in [3.8, 4) is 45.0 Å². The lowest BCUT2D eigenvalue weighted by Crippen LogP contribution is -2.25. The fraction of sp³-hybridized carbons (Fsp3) is 0.175. The van der Waals surface area contributed by atoms with Crippen LogP contribution in [0.5, 0.6) is 0 Å². The second-order valence-corrected chi connectivity index (χ2v) is 12.2. The molecule has 0 saturated heterocycles. The summed E-state index contributed by atoms with van der Waals surface area (Å²) in [4.78, 5) is 15.3. The van der Waals surface area contributed by atoms with Crippen LogP contribution >= 0.6 is 0 Å². The average molecular weight is 573 g/mol. The van der Waals surface area contributed by atoms with Crippen molar-refractivity contribution < 1.29 is 0 Å². The van der Waals surface area contributed by atoms with Gasteiger partial charge in [-0.15, -0.1) is 0 Å². The molecule has 0 bridgehead atoms. The van der Waals surface area contributed by atoms with Gasteiger partial charge in [-0.1, -0.05) is 131 Å². The normalized spacial score (nSPS) is 14.2. The van der Waals surface area contributed by atoms with Crippen molar-refractivity contribution in [3.63, 3.8) is 0 Å². The van der Waals surface area contributed by atoms with E-state index < -0.39 is 0 Å². The minimum Gasteiger partial charge on any atom is -0.376 e. The molecule has 1 aliphatic heterocycles. The Morgan fingerprint density at radius 1 is 0.614 bits per heavy atom. The first-order chi connectivity index (χ1) is 21.4. The first-order valence-corrected chi connectivity index (χ1v) is 15.5. The smallest absolute Gasteiger partial charge is 0.160 e. The lowest BCUT2D eigenvalue weighted by atomic mass is 9.92. The van der Waals surface area contributed by atoms with Crippen LogP contribution in [0.1, 0.15) is 44.9 Å². The fourth-order valence-electron chi connectivity index (χ4n) is 5.88. The molecule has 0 fully saturated rings. The topological polar surface area (TPSA) is 50.7 Å². The lowest BCUT2D eigenvalue weighted by Gasteiger charge is -2.27. The molecular weight excluding hydrogens is 536 g/mol. The van der Waals surface area contributed by atoms with Gasteiger partial charge >= 0.3 is 0 Å². The van der Waals surface area contributed by atoms with Crippen molar-refractivity contribution >= 4 is 22.7 Å². The molecule has 1 atom stereocenters. The molecule has 44 heavy (non-hydrogen) atoms. The van der Waals surface area contributed by atoms with Crippen LogP contribution < -0.4 is 5.32 Å². The van der Waals surface area contributed by atoms with Gasteiger partial charge in [0.05, 0.1) is 22.6 Å². The SMILES string of the molecule is CC(C)c1cc(-c2cccc(-c3cc(-c4ccccc4)nc(-c4ccccc4)n3)c2)c2ccc3c(c2n1)N[C@@H](C(C)C)C=C3. The molecule has 0 amide bonds. The van der Waals surface area contributed by atoms with Crippen LogP contribution in [0.3, 0.4) is 0 Å². The summed E-state index contributed by atoms with van der Waals surface area (Å²) in [5, 5.41) is 4.95. The molecule has 4 aromatic carbocycles. The number of rotatable bonds is 6.